The highest BCUT2D eigenvalue weighted by Gasteiger charge is 2.40. The molecular formula is C14H13F3N2O. The van der Waals surface area contributed by atoms with E-state index in [1.165, 1.54) is 4.68 Å². The van der Waals surface area contributed by atoms with Gasteiger partial charge in [-0.15, -0.1) is 0 Å². The summed E-state index contributed by atoms with van der Waals surface area (Å²) in [5.41, 5.74) is 0.402. The monoisotopic (exact) mass is 282 g/mol. The second-order valence-corrected chi connectivity index (χ2v) is 4.92. The van der Waals surface area contributed by atoms with Crippen molar-refractivity contribution in [1.29, 1.82) is 0 Å². The lowest BCUT2D eigenvalue weighted by atomic mass is 9.93. The van der Waals surface area contributed by atoms with Crippen molar-refractivity contribution in [1.82, 2.24) is 9.78 Å². The first-order valence-electron chi connectivity index (χ1n) is 6.38. The number of nitrogens with zero attached hydrogens (tertiary/aromatic N) is 2. The summed E-state index contributed by atoms with van der Waals surface area (Å²) in [4.78, 5) is 0. The number of aromatic nitrogens is 2. The molecule has 6 heteroatoms. The standard InChI is InChI=1S/C14H13F3N2O/c15-14(16,17)13-11-8-10(20)6-7-12(11)19(18-13)9-4-2-1-3-5-9/h1-5,10,20H,6-8H2. The fourth-order valence-corrected chi connectivity index (χ4v) is 2.61. The second kappa shape index (κ2) is 4.63. The normalized spacial score (nSPS) is 18.9. The molecule has 0 saturated heterocycles. The molecule has 0 fully saturated rings. The average Bonchev–Trinajstić information content (AvgIpc) is 2.78. The molecule has 1 aliphatic rings. The van der Waals surface area contributed by atoms with Gasteiger partial charge in [0, 0.05) is 17.7 Å². The highest BCUT2D eigenvalue weighted by molar-refractivity contribution is 5.40. The Morgan fingerprint density at radius 2 is 1.90 bits per heavy atom. The van der Waals surface area contributed by atoms with E-state index in [-0.39, 0.29) is 12.0 Å². The second-order valence-electron chi connectivity index (χ2n) is 4.92. The van der Waals surface area contributed by atoms with Crippen LogP contribution in [0.5, 0.6) is 0 Å². The number of hydrogen-bond donors (Lipinski definition) is 1. The predicted octanol–water partition coefficient (Wildman–Crippen LogP) is 2.74. The molecule has 0 bridgehead atoms. The van der Waals surface area contributed by atoms with Gasteiger partial charge in [0.25, 0.3) is 0 Å². The Kier molecular flexibility index (Phi) is 3.05. The van der Waals surface area contributed by atoms with Gasteiger partial charge in [-0.25, -0.2) is 4.68 Å². The lowest BCUT2D eigenvalue weighted by Gasteiger charge is -2.19. The number of aliphatic hydroxyl groups is 1. The summed E-state index contributed by atoms with van der Waals surface area (Å²) in [7, 11) is 0. The largest absolute Gasteiger partial charge is 0.435 e. The number of alkyl halides is 3. The van der Waals surface area contributed by atoms with E-state index in [0.29, 0.717) is 24.2 Å². The molecule has 2 aromatic rings. The van der Waals surface area contributed by atoms with Crippen LogP contribution in [0.15, 0.2) is 30.3 Å². The van der Waals surface area contributed by atoms with Gasteiger partial charge >= 0.3 is 6.18 Å². The van der Waals surface area contributed by atoms with Crippen LogP contribution in [0.1, 0.15) is 23.4 Å². The zero-order chi connectivity index (χ0) is 14.3. The molecule has 20 heavy (non-hydrogen) atoms. The smallest absolute Gasteiger partial charge is 0.393 e. The summed E-state index contributed by atoms with van der Waals surface area (Å²) < 4.78 is 40.6. The maximum atomic E-state index is 13.1. The number of benzene rings is 1. The predicted molar refractivity (Wildman–Crippen MR) is 66.6 cm³/mol. The quantitative estimate of drug-likeness (QED) is 0.873. The van der Waals surface area contributed by atoms with Crippen molar-refractivity contribution < 1.29 is 18.3 Å². The molecule has 1 aromatic carbocycles. The molecule has 1 aromatic heterocycles. The lowest BCUT2D eigenvalue weighted by Crippen LogP contribution is -2.21. The Bertz CT molecular complexity index is 619. The van der Waals surface area contributed by atoms with Crippen molar-refractivity contribution in [3.8, 4) is 5.69 Å². The number of aliphatic hydroxyl groups excluding tert-OH is 1. The maximum absolute atomic E-state index is 13.1. The summed E-state index contributed by atoms with van der Waals surface area (Å²) in [6.45, 7) is 0. The van der Waals surface area contributed by atoms with E-state index in [1.807, 2.05) is 0 Å². The number of hydrogen-bond acceptors (Lipinski definition) is 2. The van der Waals surface area contributed by atoms with E-state index in [1.54, 1.807) is 30.3 Å². The Morgan fingerprint density at radius 1 is 1.20 bits per heavy atom. The first-order valence-corrected chi connectivity index (χ1v) is 6.38. The highest BCUT2D eigenvalue weighted by atomic mass is 19.4. The molecule has 3 rings (SSSR count). The lowest BCUT2D eigenvalue weighted by molar-refractivity contribution is -0.142. The summed E-state index contributed by atoms with van der Waals surface area (Å²) in [6.07, 6.45) is -4.35. The molecule has 1 atom stereocenters. The van der Waals surface area contributed by atoms with Gasteiger partial charge in [0.1, 0.15) is 0 Å². The van der Waals surface area contributed by atoms with Crippen LogP contribution < -0.4 is 0 Å². The van der Waals surface area contributed by atoms with Crippen LogP contribution in [-0.4, -0.2) is 21.0 Å². The molecule has 1 heterocycles. The minimum atomic E-state index is -4.50. The molecule has 1 aliphatic carbocycles. The summed E-state index contributed by atoms with van der Waals surface area (Å²) in [5, 5.41) is 13.4. The van der Waals surface area contributed by atoms with Gasteiger partial charge in [0.15, 0.2) is 5.69 Å². The van der Waals surface area contributed by atoms with Crippen molar-refractivity contribution in [3.05, 3.63) is 47.3 Å². The number of para-hydroxylation sites is 1. The third-order valence-electron chi connectivity index (χ3n) is 3.51. The molecule has 0 amide bonds. The third-order valence-corrected chi connectivity index (χ3v) is 3.51. The van der Waals surface area contributed by atoms with E-state index in [9.17, 15) is 18.3 Å². The number of rotatable bonds is 1. The van der Waals surface area contributed by atoms with Crippen molar-refractivity contribution in [2.24, 2.45) is 0 Å². The van der Waals surface area contributed by atoms with Gasteiger partial charge in [0.2, 0.25) is 0 Å². The molecule has 0 saturated carbocycles. The van der Waals surface area contributed by atoms with E-state index < -0.39 is 18.0 Å². The van der Waals surface area contributed by atoms with Crippen molar-refractivity contribution in [2.75, 3.05) is 0 Å². The van der Waals surface area contributed by atoms with Gasteiger partial charge in [-0.2, -0.15) is 18.3 Å². The van der Waals surface area contributed by atoms with Gasteiger partial charge in [-0.3, -0.25) is 0 Å². The topological polar surface area (TPSA) is 38.1 Å². The van der Waals surface area contributed by atoms with Crippen LogP contribution in [0.2, 0.25) is 0 Å². The fraction of sp³-hybridized carbons (Fsp3) is 0.357. The van der Waals surface area contributed by atoms with Crippen molar-refractivity contribution in [2.45, 2.75) is 31.5 Å². The molecule has 1 N–H and O–H groups in total. The highest BCUT2D eigenvalue weighted by Crippen LogP contribution is 2.36. The van der Waals surface area contributed by atoms with E-state index in [2.05, 4.69) is 5.10 Å². The van der Waals surface area contributed by atoms with Crippen molar-refractivity contribution >= 4 is 0 Å². The molecule has 106 valence electrons. The van der Waals surface area contributed by atoms with Gasteiger partial charge in [-0.1, -0.05) is 18.2 Å². The molecular weight excluding hydrogens is 269 g/mol. The molecule has 3 nitrogen and oxygen atoms in total. The van der Waals surface area contributed by atoms with Gasteiger partial charge < -0.3 is 5.11 Å². The molecule has 0 spiro atoms. The zero-order valence-electron chi connectivity index (χ0n) is 10.6. The van der Waals surface area contributed by atoms with Crippen LogP contribution in [0.3, 0.4) is 0 Å². The SMILES string of the molecule is OC1CCc2c(c(C(F)(F)F)nn2-c2ccccc2)C1. The maximum Gasteiger partial charge on any atom is 0.435 e. The number of fused-ring (bicyclic) bond motifs is 1. The minimum Gasteiger partial charge on any atom is -0.393 e. The first-order chi connectivity index (χ1) is 9.47. The fourth-order valence-electron chi connectivity index (χ4n) is 2.61. The third kappa shape index (κ3) is 2.20. The Balaban J connectivity index is 2.18. The molecule has 0 radical (unpaired) electrons. The summed E-state index contributed by atoms with van der Waals surface area (Å²) >= 11 is 0. The average molecular weight is 282 g/mol. The van der Waals surface area contributed by atoms with E-state index in [4.69, 9.17) is 0 Å². The van der Waals surface area contributed by atoms with E-state index in [0.717, 1.165) is 0 Å². The first kappa shape index (κ1) is 13.2. The van der Waals surface area contributed by atoms with Crippen LogP contribution in [0.25, 0.3) is 5.69 Å². The minimum absolute atomic E-state index is 0.0109. The summed E-state index contributed by atoms with van der Waals surface area (Å²) in [5.74, 6) is 0. The van der Waals surface area contributed by atoms with Gasteiger partial charge in [0.05, 0.1) is 11.8 Å². The van der Waals surface area contributed by atoms with Gasteiger partial charge in [-0.05, 0) is 25.0 Å². The van der Waals surface area contributed by atoms with Crippen LogP contribution >= 0.6 is 0 Å². The van der Waals surface area contributed by atoms with Crippen LogP contribution in [0.4, 0.5) is 13.2 Å². The molecule has 1 unspecified atom stereocenters. The number of halogens is 3. The zero-order valence-corrected chi connectivity index (χ0v) is 10.6. The summed E-state index contributed by atoms with van der Waals surface area (Å²) in [6, 6.07) is 8.76. The van der Waals surface area contributed by atoms with Crippen LogP contribution in [-0.2, 0) is 19.0 Å². The molecule has 0 aliphatic heterocycles. The van der Waals surface area contributed by atoms with Crippen LogP contribution in [0, 0.1) is 0 Å². The Labute approximate surface area is 113 Å². The van der Waals surface area contributed by atoms with Crippen molar-refractivity contribution in [3.63, 3.8) is 0 Å². The Morgan fingerprint density at radius 3 is 2.55 bits per heavy atom. The Hall–Kier alpha value is -1.82. The van der Waals surface area contributed by atoms with E-state index >= 15 is 0 Å².